The topological polar surface area (TPSA) is 41.9 Å². The molecule has 1 N–H and O–H groups in total. The Bertz CT molecular complexity index is 143. The highest BCUT2D eigenvalue weighted by molar-refractivity contribution is 4.78. The SMILES string of the molecule is COCC1CCCN1CCOCCO. The monoisotopic (exact) mass is 203 g/mol. The van der Waals surface area contributed by atoms with E-state index in [0.717, 1.165) is 19.7 Å². The van der Waals surface area contributed by atoms with Crippen molar-refractivity contribution in [1.29, 1.82) is 0 Å². The molecule has 0 radical (unpaired) electrons. The Morgan fingerprint density at radius 3 is 3.00 bits per heavy atom. The largest absolute Gasteiger partial charge is 0.394 e. The molecular formula is C10H21NO3. The van der Waals surface area contributed by atoms with Crippen LogP contribution >= 0.6 is 0 Å². The Kier molecular flexibility index (Phi) is 6.10. The number of hydrogen-bond donors (Lipinski definition) is 1. The van der Waals surface area contributed by atoms with Crippen LogP contribution in [0.3, 0.4) is 0 Å². The number of hydrogen-bond acceptors (Lipinski definition) is 4. The molecule has 1 fully saturated rings. The highest BCUT2D eigenvalue weighted by Crippen LogP contribution is 2.16. The van der Waals surface area contributed by atoms with Gasteiger partial charge in [-0.3, -0.25) is 4.90 Å². The molecule has 1 unspecified atom stereocenters. The van der Waals surface area contributed by atoms with Crippen molar-refractivity contribution in [3.05, 3.63) is 0 Å². The zero-order valence-corrected chi connectivity index (χ0v) is 8.95. The second kappa shape index (κ2) is 7.17. The Morgan fingerprint density at radius 2 is 2.29 bits per heavy atom. The van der Waals surface area contributed by atoms with Crippen molar-refractivity contribution in [2.45, 2.75) is 18.9 Å². The van der Waals surface area contributed by atoms with Gasteiger partial charge in [0.1, 0.15) is 0 Å². The lowest BCUT2D eigenvalue weighted by Gasteiger charge is -2.23. The van der Waals surface area contributed by atoms with Crippen LogP contribution in [-0.4, -0.2) is 62.7 Å². The smallest absolute Gasteiger partial charge is 0.0698 e. The molecule has 1 saturated heterocycles. The van der Waals surface area contributed by atoms with Crippen molar-refractivity contribution >= 4 is 0 Å². The quantitative estimate of drug-likeness (QED) is 0.596. The molecule has 4 heteroatoms. The number of likely N-dealkylation sites (tertiary alicyclic amines) is 1. The third-order valence-electron chi connectivity index (χ3n) is 2.62. The first-order valence-electron chi connectivity index (χ1n) is 5.30. The Morgan fingerprint density at radius 1 is 1.43 bits per heavy atom. The van der Waals surface area contributed by atoms with Gasteiger partial charge < -0.3 is 14.6 Å². The van der Waals surface area contributed by atoms with Gasteiger partial charge in [-0.05, 0) is 19.4 Å². The van der Waals surface area contributed by atoms with Gasteiger partial charge in [0, 0.05) is 19.7 Å². The maximum Gasteiger partial charge on any atom is 0.0698 e. The van der Waals surface area contributed by atoms with Gasteiger partial charge in [-0.1, -0.05) is 0 Å². The van der Waals surface area contributed by atoms with Crippen LogP contribution in [0, 0.1) is 0 Å². The van der Waals surface area contributed by atoms with Crippen LogP contribution in [0.15, 0.2) is 0 Å². The number of methoxy groups -OCH3 is 1. The van der Waals surface area contributed by atoms with E-state index < -0.39 is 0 Å². The molecule has 0 aliphatic carbocycles. The summed E-state index contributed by atoms with van der Waals surface area (Å²) in [5, 5.41) is 8.54. The molecule has 1 heterocycles. The molecule has 0 saturated carbocycles. The molecular weight excluding hydrogens is 182 g/mol. The molecule has 0 spiro atoms. The van der Waals surface area contributed by atoms with Gasteiger partial charge in [0.15, 0.2) is 0 Å². The van der Waals surface area contributed by atoms with Gasteiger partial charge in [0.2, 0.25) is 0 Å². The summed E-state index contributed by atoms with van der Waals surface area (Å²) in [5.74, 6) is 0. The zero-order chi connectivity index (χ0) is 10.2. The second-order valence-corrected chi connectivity index (χ2v) is 3.62. The summed E-state index contributed by atoms with van der Waals surface area (Å²) in [6.07, 6.45) is 2.49. The van der Waals surface area contributed by atoms with Gasteiger partial charge in [-0.25, -0.2) is 0 Å². The van der Waals surface area contributed by atoms with Gasteiger partial charge in [-0.15, -0.1) is 0 Å². The summed E-state index contributed by atoms with van der Waals surface area (Å²) in [5.41, 5.74) is 0. The molecule has 0 bridgehead atoms. The van der Waals surface area contributed by atoms with E-state index in [1.807, 2.05) is 0 Å². The summed E-state index contributed by atoms with van der Waals surface area (Å²) < 4.78 is 10.4. The second-order valence-electron chi connectivity index (χ2n) is 3.62. The van der Waals surface area contributed by atoms with E-state index in [1.54, 1.807) is 7.11 Å². The first kappa shape index (κ1) is 11.9. The van der Waals surface area contributed by atoms with Gasteiger partial charge in [0.05, 0.1) is 26.4 Å². The van der Waals surface area contributed by atoms with Crippen LogP contribution in [0.4, 0.5) is 0 Å². The molecule has 14 heavy (non-hydrogen) atoms. The van der Waals surface area contributed by atoms with Crippen LogP contribution in [-0.2, 0) is 9.47 Å². The van der Waals surface area contributed by atoms with E-state index in [2.05, 4.69) is 4.90 Å². The molecule has 1 aliphatic heterocycles. The number of aliphatic hydroxyl groups excluding tert-OH is 1. The van der Waals surface area contributed by atoms with Gasteiger partial charge in [-0.2, -0.15) is 0 Å². The fourth-order valence-corrected chi connectivity index (χ4v) is 1.92. The molecule has 1 rings (SSSR count). The van der Waals surface area contributed by atoms with Crippen molar-refractivity contribution in [3.63, 3.8) is 0 Å². The minimum Gasteiger partial charge on any atom is -0.394 e. The highest BCUT2D eigenvalue weighted by atomic mass is 16.5. The minimum atomic E-state index is 0.113. The molecule has 0 aromatic carbocycles. The molecule has 0 aromatic rings. The third-order valence-corrected chi connectivity index (χ3v) is 2.62. The molecule has 84 valence electrons. The lowest BCUT2D eigenvalue weighted by molar-refractivity contribution is 0.0570. The summed E-state index contributed by atoms with van der Waals surface area (Å²) >= 11 is 0. The van der Waals surface area contributed by atoms with Gasteiger partial charge in [0.25, 0.3) is 0 Å². The normalized spacial score (nSPS) is 23.1. The van der Waals surface area contributed by atoms with E-state index in [1.165, 1.54) is 12.8 Å². The summed E-state index contributed by atoms with van der Waals surface area (Å²) in [4.78, 5) is 2.40. The highest BCUT2D eigenvalue weighted by Gasteiger charge is 2.23. The van der Waals surface area contributed by atoms with Crippen molar-refractivity contribution in [1.82, 2.24) is 4.90 Å². The van der Waals surface area contributed by atoms with E-state index >= 15 is 0 Å². The summed E-state index contributed by atoms with van der Waals surface area (Å²) in [6, 6.07) is 0.567. The molecule has 4 nitrogen and oxygen atoms in total. The zero-order valence-electron chi connectivity index (χ0n) is 8.95. The Labute approximate surface area is 85.8 Å². The van der Waals surface area contributed by atoms with Crippen LogP contribution in [0.25, 0.3) is 0 Å². The fourth-order valence-electron chi connectivity index (χ4n) is 1.92. The molecule has 1 aliphatic rings. The average molecular weight is 203 g/mol. The predicted molar refractivity (Wildman–Crippen MR) is 54.4 cm³/mol. The Balaban J connectivity index is 2.09. The fraction of sp³-hybridized carbons (Fsp3) is 1.00. The first-order valence-corrected chi connectivity index (χ1v) is 5.30. The summed E-state index contributed by atoms with van der Waals surface area (Å²) in [7, 11) is 1.75. The number of rotatable bonds is 7. The third kappa shape index (κ3) is 3.92. The van der Waals surface area contributed by atoms with E-state index in [-0.39, 0.29) is 6.61 Å². The maximum atomic E-state index is 8.54. The summed E-state index contributed by atoms with van der Waals surface area (Å²) in [6.45, 7) is 4.19. The van der Waals surface area contributed by atoms with Crippen LogP contribution < -0.4 is 0 Å². The average Bonchev–Trinajstić information content (AvgIpc) is 2.61. The van der Waals surface area contributed by atoms with E-state index in [9.17, 15) is 0 Å². The van der Waals surface area contributed by atoms with Crippen molar-refractivity contribution in [2.24, 2.45) is 0 Å². The van der Waals surface area contributed by atoms with Crippen molar-refractivity contribution in [3.8, 4) is 0 Å². The van der Waals surface area contributed by atoms with E-state index in [4.69, 9.17) is 14.6 Å². The van der Waals surface area contributed by atoms with Crippen LogP contribution in [0.2, 0.25) is 0 Å². The number of ether oxygens (including phenoxy) is 2. The van der Waals surface area contributed by atoms with E-state index in [0.29, 0.717) is 19.3 Å². The lowest BCUT2D eigenvalue weighted by atomic mass is 10.2. The van der Waals surface area contributed by atoms with Crippen LogP contribution in [0.5, 0.6) is 0 Å². The lowest BCUT2D eigenvalue weighted by Crippen LogP contribution is -2.35. The number of aliphatic hydroxyl groups is 1. The maximum absolute atomic E-state index is 8.54. The minimum absolute atomic E-state index is 0.113. The molecule has 0 amide bonds. The Hall–Kier alpha value is -0.160. The van der Waals surface area contributed by atoms with Crippen molar-refractivity contribution in [2.75, 3.05) is 46.6 Å². The van der Waals surface area contributed by atoms with Crippen LogP contribution in [0.1, 0.15) is 12.8 Å². The standard InChI is InChI=1S/C10H21NO3/c1-13-9-10-3-2-4-11(10)5-7-14-8-6-12/h10,12H,2-9H2,1H3. The molecule has 0 aromatic heterocycles. The van der Waals surface area contributed by atoms with Crippen molar-refractivity contribution < 1.29 is 14.6 Å². The number of nitrogens with zero attached hydrogens (tertiary/aromatic N) is 1. The first-order chi connectivity index (χ1) is 6.88. The predicted octanol–water partition coefficient (Wildman–Crippen LogP) is 0.106. The molecule has 1 atom stereocenters. The van der Waals surface area contributed by atoms with Gasteiger partial charge >= 0.3 is 0 Å².